The van der Waals surface area contributed by atoms with Crippen LogP contribution >= 0.6 is 0 Å². The van der Waals surface area contributed by atoms with E-state index in [1.54, 1.807) is 6.20 Å². The van der Waals surface area contributed by atoms with E-state index >= 15 is 0 Å². The number of nitrogens with zero attached hydrogens (tertiary/aromatic N) is 4. The van der Waals surface area contributed by atoms with E-state index in [2.05, 4.69) is 47.7 Å². The first-order valence-electron chi connectivity index (χ1n) is 9.19. The van der Waals surface area contributed by atoms with Crippen LogP contribution in [0.1, 0.15) is 11.1 Å². The summed E-state index contributed by atoms with van der Waals surface area (Å²) in [6, 6.07) is 18.5. The molecule has 0 saturated carbocycles. The fourth-order valence-corrected chi connectivity index (χ4v) is 3.51. The summed E-state index contributed by atoms with van der Waals surface area (Å²) in [5.74, 6) is 0. The lowest BCUT2D eigenvalue weighted by Crippen LogP contribution is -2.34. The first-order chi connectivity index (χ1) is 13.8. The molecule has 5 heteroatoms. The van der Waals surface area contributed by atoms with Crippen LogP contribution in [0.4, 0.5) is 5.69 Å². The maximum absolute atomic E-state index is 4.83. The van der Waals surface area contributed by atoms with Gasteiger partial charge in [0, 0.05) is 24.2 Å². The minimum absolute atomic E-state index is 0.924. The van der Waals surface area contributed by atoms with Gasteiger partial charge >= 0.3 is 0 Å². The number of hydrogen-bond acceptors (Lipinski definition) is 4. The number of nitrogens with one attached hydrogen (secondary N) is 1. The Morgan fingerprint density at radius 2 is 1.79 bits per heavy atom. The Balaban J connectivity index is 1.64. The van der Waals surface area contributed by atoms with Crippen molar-refractivity contribution in [2.24, 2.45) is 0 Å². The van der Waals surface area contributed by atoms with Gasteiger partial charge in [-0.2, -0.15) is 5.10 Å². The van der Waals surface area contributed by atoms with Crippen molar-refractivity contribution in [3.8, 4) is 11.3 Å². The van der Waals surface area contributed by atoms with Gasteiger partial charge in [0.05, 0.1) is 28.7 Å². The van der Waals surface area contributed by atoms with Crippen molar-refractivity contribution >= 4 is 16.9 Å². The van der Waals surface area contributed by atoms with E-state index in [-0.39, 0.29) is 0 Å². The number of rotatable bonds is 3. The lowest BCUT2D eigenvalue weighted by atomic mass is 10.0. The van der Waals surface area contributed by atoms with Gasteiger partial charge in [0.15, 0.2) is 0 Å². The monoisotopic (exact) mass is 365 g/mol. The zero-order chi connectivity index (χ0) is 18.9. The first-order valence-corrected chi connectivity index (χ1v) is 9.19. The summed E-state index contributed by atoms with van der Waals surface area (Å²) in [6.07, 6.45) is 11.6. The Hall–Kier alpha value is -3.86. The molecule has 0 radical (unpaired) electrons. The largest absolute Gasteiger partial charge is 0.294 e. The Bertz CT molecular complexity index is 1200. The molecule has 5 rings (SSSR count). The zero-order valence-corrected chi connectivity index (χ0v) is 15.4. The lowest BCUT2D eigenvalue weighted by Gasteiger charge is -2.28. The highest BCUT2D eigenvalue weighted by molar-refractivity contribution is 5.89. The summed E-state index contributed by atoms with van der Waals surface area (Å²) in [7, 11) is 0. The maximum atomic E-state index is 4.83. The molecule has 0 amide bonds. The van der Waals surface area contributed by atoms with Crippen LogP contribution in [0, 0.1) is 6.92 Å². The molecule has 136 valence electrons. The first kappa shape index (κ1) is 16.3. The smallest absolute Gasteiger partial charge is 0.103 e. The van der Waals surface area contributed by atoms with Gasteiger partial charge in [-0.3, -0.25) is 15.4 Å². The summed E-state index contributed by atoms with van der Waals surface area (Å²) in [5, 5.41) is 6.87. The molecule has 1 N–H and O–H groups in total. The Morgan fingerprint density at radius 3 is 2.64 bits per heavy atom. The van der Waals surface area contributed by atoms with E-state index in [4.69, 9.17) is 5.10 Å². The summed E-state index contributed by atoms with van der Waals surface area (Å²) in [4.78, 5) is 4.32. The Labute approximate surface area is 163 Å². The molecule has 0 atom stereocenters. The van der Waals surface area contributed by atoms with Gasteiger partial charge in [0.2, 0.25) is 0 Å². The molecule has 2 aromatic heterocycles. The molecular weight excluding hydrogens is 346 g/mol. The van der Waals surface area contributed by atoms with E-state index in [0.29, 0.717) is 0 Å². The molecule has 28 heavy (non-hydrogen) atoms. The third-order valence-electron chi connectivity index (χ3n) is 4.87. The molecule has 0 fully saturated rings. The van der Waals surface area contributed by atoms with Crippen LogP contribution in [0.2, 0.25) is 0 Å². The molecule has 1 aliphatic heterocycles. The summed E-state index contributed by atoms with van der Waals surface area (Å²) in [6.45, 7) is 2.11. The number of para-hydroxylation sites is 1. The number of aromatic nitrogens is 3. The van der Waals surface area contributed by atoms with Crippen molar-refractivity contribution in [1.29, 1.82) is 0 Å². The van der Waals surface area contributed by atoms with E-state index in [1.165, 1.54) is 5.56 Å². The van der Waals surface area contributed by atoms with E-state index in [0.717, 1.165) is 33.7 Å². The topological polar surface area (TPSA) is 45.5 Å². The van der Waals surface area contributed by atoms with Gasteiger partial charge < -0.3 is 0 Å². The van der Waals surface area contributed by atoms with Crippen molar-refractivity contribution in [2.45, 2.75) is 6.92 Å². The highest BCUT2D eigenvalue weighted by atomic mass is 15.5. The number of aryl methyl sites for hydroxylation is 1. The molecule has 5 nitrogen and oxygen atoms in total. The van der Waals surface area contributed by atoms with Crippen LogP contribution in [0.15, 0.2) is 91.5 Å². The van der Waals surface area contributed by atoms with Crippen LogP contribution in [-0.4, -0.2) is 14.6 Å². The number of hydrogen-bond donors (Lipinski definition) is 1. The highest BCUT2D eigenvalue weighted by Gasteiger charge is 2.21. The van der Waals surface area contributed by atoms with Crippen LogP contribution in [0.3, 0.4) is 0 Å². The molecule has 1 aliphatic rings. The van der Waals surface area contributed by atoms with Gasteiger partial charge in [-0.05, 0) is 30.7 Å². The average Bonchev–Trinajstić information content (AvgIpc) is 3.14. The lowest BCUT2D eigenvalue weighted by molar-refractivity contribution is 0.885. The van der Waals surface area contributed by atoms with Crippen LogP contribution < -0.4 is 10.4 Å². The van der Waals surface area contributed by atoms with Gasteiger partial charge in [-0.25, -0.2) is 4.52 Å². The molecule has 0 spiro atoms. The van der Waals surface area contributed by atoms with E-state index < -0.39 is 0 Å². The van der Waals surface area contributed by atoms with Gasteiger partial charge in [0.25, 0.3) is 0 Å². The zero-order valence-electron chi connectivity index (χ0n) is 15.4. The highest BCUT2D eigenvalue weighted by Crippen LogP contribution is 2.32. The van der Waals surface area contributed by atoms with E-state index in [1.807, 2.05) is 64.5 Å². The average molecular weight is 365 g/mol. The predicted octanol–water partition coefficient (Wildman–Crippen LogP) is 4.58. The maximum Gasteiger partial charge on any atom is 0.103 e. The van der Waals surface area contributed by atoms with Gasteiger partial charge in [-0.1, -0.05) is 48.5 Å². The fraction of sp³-hybridized carbons (Fsp3) is 0.0435. The van der Waals surface area contributed by atoms with Crippen molar-refractivity contribution in [3.05, 3.63) is 103 Å². The molecular formula is C23H19N5. The molecule has 2 aromatic carbocycles. The summed E-state index contributed by atoms with van der Waals surface area (Å²) < 4.78 is 1.88. The Kier molecular flexibility index (Phi) is 3.91. The number of fused-ring (bicyclic) bond motifs is 1. The third-order valence-corrected chi connectivity index (χ3v) is 4.87. The predicted molar refractivity (Wildman–Crippen MR) is 112 cm³/mol. The molecule has 0 aliphatic carbocycles. The van der Waals surface area contributed by atoms with Crippen molar-refractivity contribution in [3.63, 3.8) is 0 Å². The van der Waals surface area contributed by atoms with E-state index in [9.17, 15) is 0 Å². The van der Waals surface area contributed by atoms with Crippen molar-refractivity contribution in [1.82, 2.24) is 20.0 Å². The number of anilines is 1. The van der Waals surface area contributed by atoms with Crippen LogP contribution in [-0.2, 0) is 0 Å². The number of benzene rings is 2. The summed E-state index contributed by atoms with van der Waals surface area (Å²) in [5.41, 5.74) is 10.8. The number of hydrazine groups is 1. The quantitative estimate of drug-likeness (QED) is 0.577. The Morgan fingerprint density at radius 1 is 0.964 bits per heavy atom. The molecule has 0 saturated heterocycles. The van der Waals surface area contributed by atoms with Crippen molar-refractivity contribution < 1.29 is 0 Å². The van der Waals surface area contributed by atoms with Gasteiger partial charge in [0.1, 0.15) is 5.69 Å². The summed E-state index contributed by atoms with van der Waals surface area (Å²) >= 11 is 0. The fourth-order valence-electron chi connectivity index (χ4n) is 3.51. The SMILES string of the molecule is Cc1ccccc1N1C=CC=C(c2c(-c3ccccc3)nn3ccncc23)N1. The molecule has 3 heterocycles. The molecule has 0 bridgehead atoms. The number of allylic oxidation sites excluding steroid dienone is 2. The van der Waals surface area contributed by atoms with Crippen LogP contribution in [0.5, 0.6) is 0 Å². The third kappa shape index (κ3) is 2.74. The molecule has 4 aromatic rings. The van der Waals surface area contributed by atoms with Crippen LogP contribution in [0.25, 0.3) is 22.5 Å². The standard InChI is InChI=1S/C23H19N5/c1-17-8-5-6-12-20(17)27-14-7-11-19(25-27)22-21-16-24-13-15-28(21)26-23(22)18-9-3-2-4-10-18/h2-16,25H,1H3. The normalized spacial score (nSPS) is 13.5. The minimum atomic E-state index is 0.924. The minimum Gasteiger partial charge on any atom is -0.294 e. The second-order valence-corrected chi connectivity index (χ2v) is 6.69. The second kappa shape index (κ2) is 6.70. The second-order valence-electron chi connectivity index (χ2n) is 6.69. The molecule has 0 unspecified atom stereocenters. The van der Waals surface area contributed by atoms with Crippen molar-refractivity contribution in [2.75, 3.05) is 5.01 Å². The van der Waals surface area contributed by atoms with Gasteiger partial charge in [-0.15, -0.1) is 0 Å².